The lowest BCUT2D eigenvalue weighted by molar-refractivity contribution is 0.0865. The van der Waals surface area contributed by atoms with Crippen LogP contribution >= 0.6 is 0 Å². The lowest BCUT2D eigenvalue weighted by Gasteiger charge is -2.24. The second-order valence-electron chi connectivity index (χ2n) is 5.26. The molecule has 0 saturated carbocycles. The predicted octanol–water partition coefficient (Wildman–Crippen LogP) is 1.72. The molecule has 1 saturated heterocycles. The highest BCUT2D eigenvalue weighted by Crippen LogP contribution is 2.24. The van der Waals surface area contributed by atoms with Gasteiger partial charge in [-0.3, -0.25) is 9.69 Å². The van der Waals surface area contributed by atoms with Crippen molar-refractivity contribution in [2.45, 2.75) is 19.4 Å². The van der Waals surface area contributed by atoms with Gasteiger partial charge < -0.3 is 9.84 Å². The number of ether oxygens (including phenoxy) is 1. The van der Waals surface area contributed by atoms with Crippen LogP contribution in [0.3, 0.4) is 0 Å². The first-order chi connectivity index (χ1) is 9.56. The van der Waals surface area contributed by atoms with Gasteiger partial charge in [0, 0.05) is 11.6 Å². The molecule has 2 atom stereocenters. The highest BCUT2D eigenvalue weighted by Gasteiger charge is 2.31. The van der Waals surface area contributed by atoms with Crippen molar-refractivity contribution in [3.63, 3.8) is 0 Å². The van der Waals surface area contributed by atoms with Gasteiger partial charge >= 0.3 is 0 Å². The van der Waals surface area contributed by atoms with Crippen molar-refractivity contribution < 1.29 is 19.0 Å². The minimum Gasteiger partial charge on any atom is -0.494 e. The minimum absolute atomic E-state index is 0.0158. The first-order valence-electron chi connectivity index (χ1n) is 6.78. The number of Topliss-reactive ketones (excluding diaryl/α,β-unsaturated/α-hetero) is 1. The topological polar surface area (TPSA) is 49.8 Å². The Balaban J connectivity index is 2.07. The van der Waals surface area contributed by atoms with E-state index in [9.17, 15) is 14.3 Å². The zero-order valence-corrected chi connectivity index (χ0v) is 11.8. The fraction of sp³-hybridized carbons (Fsp3) is 0.533. The molecule has 4 nitrogen and oxygen atoms in total. The van der Waals surface area contributed by atoms with E-state index in [0.29, 0.717) is 11.5 Å². The number of aliphatic hydroxyl groups excluding tert-OH is 1. The van der Waals surface area contributed by atoms with Gasteiger partial charge in [0.25, 0.3) is 0 Å². The molecule has 20 heavy (non-hydrogen) atoms. The third-order valence-corrected chi connectivity index (χ3v) is 4.01. The molecule has 2 rings (SSSR count). The lowest BCUT2D eigenvalue weighted by Crippen LogP contribution is -2.38. The van der Waals surface area contributed by atoms with Gasteiger partial charge in [-0.25, -0.2) is 4.39 Å². The van der Waals surface area contributed by atoms with Crippen LogP contribution in [0.2, 0.25) is 0 Å². The molecule has 110 valence electrons. The second kappa shape index (κ2) is 6.33. The summed E-state index contributed by atoms with van der Waals surface area (Å²) in [6, 6.07) is 4.24. The van der Waals surface area contributed by atoms with E-state index >= 15 is 0 Å². The van der Waals surface area contributed by atoms with E-state index in [0.717, 1.165) is 13.0 Å². The number of rotatable bonds is 5. The number of methoxy groups -OCH3 is 1. The summed E-state index contributed by atoms with van der Waals surface area (Å²) in [6.45, 7) is 3.11. The number of hydrogen-bond acceptors (Lipinski definition) is 4. The Labute approximate surface area is 118 Å². The van der Waals surface area contributed by atoms with Crippen molar-refractivity contribution in [3.05, 3.63) is 29.6 Å². The number of ketones is 1. The van der Waals surface area contributed by atoms with Crippen LogP contribution < -0.4 is 4.74 Å². The summed E-state index contributed by atoms with van der Waals surface area (Å²) in [4.78, 5) is 14.2. The van der Waals surface area contributed by atoms with E-state index in [2.05, 4.69) is 6.92 Å². The van der Waals surface area contributed by atoms with Gasteiger partial charge in [0.05, 0.1) is 20.3 Å². The molecule has 1 aromatic rings. The fourth-order valence-corrected chi connectivity index (χ4v) is 2.69. The lowest BCUT2D eigenvalue weighted by atomic mass is 10.0. The Morgan fingerprint density at radius 1 is 1.55 bits per heavy atom. The van der Waals surface area contributed by atoms with Crippen LogP contribution in [-0.4, -0.2) is 48.6 Å². The maximum Gasteiger partial charge on any atom is 0.176 e. The summed E-state index contributed by atoms with van der Waals surface area (Å²) in [5.74, 6) is -0.170. The zero-order chi connectivity index (χ0) is 14.7. The number of hydrogen-bond donors (Lipinski definition) is 1. The molecule has 0 amide bonds. The van der Waals surface area contributed by atoms with Crippen LogP contribution in [0.5, 0.6) is 5.75 Å². The molecule has 0 aliphatic carbocycles. The highest BCUT2D eigenvalue weighted by atomic mass is 19.1. The zero-order valence-electron chi connectivity index (χ0n) is 11.8. The number of benzene rings is 1. The van der Waals surface area contributed by atoms with E-state index in [-0.39, 0.29) is 30.7 Å². The SMILES string of the molecule is COc1ccc(C(=O)CN2CCC(C)C2CO)cc1F. The van der Waals surface area contributed by atoms with Gasteiger partial charge in [-0.05, 0) is 37.1 Å². The van der Waals surface area contributed by atoms with Crippen molar-refractivity contribution in [3.8, 4) is 5.75 Å². The normalized spacial score (nSPS) is 23.0. The molecular weight excluding hydrogens is 261 g/mol. The van der Waals surface area contributed by atoms with Crippen LogP contribution in [0.15, 0.2) is 18.2 Å². The van der Waals surface area contributed by atoms with Crippen LogP contribution in [0.1, 0.15) is 23.7 Å². The average Bonchev–Trinajstić information content (AvgIpc) is 2.78. The molecule has 1 fully saturated rings. The van der Waals surface area contributed by atoms with Crippen LogP contribution in [-0.2, 0) is 0 Å². The average molecular weight is 281 g/mol. The maximum atomic E-state index is 13.6. The van der Waals surface area contributed by atoms with Crippen molar-refractivity contribution in [1.29, 1.82) is 0 Å². The van der Waals surface area contributed by atoms with Gasteiger partial charge in [-0.2, -0.15) is 0 Å². The van der Waals surface area contributed by atoms with Crippen LogP contribution in [0, 0.1) is 11.7 Å². The summed E-state index contributed by atoms with van der Waals surface area (Å²) in [6.07, 6.45) is 0.968. The van der Waals surface area contributed by atoms with Crippen LogP contribution in [0.4, 0.5) is 4.39 Å². The first-order valence-corrected chi connectivity index (χ1v) is 6.78. The van der Waals surface area contributed by atoms with E-state index in [1.807, 2.05) is 4.90 Å². The fourth-order valence-electron chi connectivity index (χ4n) is 2.69. The Kier molecular flexibility index (Phi) is 4.73. The molecule has 0 aromatic heterocycles. The van der Waals surface area contributed by atoms with Crippen molar-refractivity contribution in [2.75, 3.05) is 26.8 Å². The number of carbonyl (C=O) groups excluding carboxylic acids is 1. The molecule has 1 aromatic carbocycles. The number of halogens is 1. The molecule has 5 heteroatoms. The van der Waals surface area contributed by atoms with Crippen LogP contribution in [0.25, 0.3) is 0 Å². The third-order valence-electron chi connectivity index (χ3n) is 4.01. The third kappa shape index (κ3) is 2.99. The molecular formula is C15H20FNO3. The molecule has 0 radical (unpaired) electrons. The van der Waals surface area contributed by atoms with Crippen molar-refractivity contribution in [2.24, 2.45) is 5.92 Å². The Morgan fingerprint density at radius 3 is 2.90 bits per heavy atom. The van der Waals surface area contributed by atoms with Crippen molar-refractivity contribution in [1.82, 2.24) is 4.90 Å². The highest BCUT2D eigenvalue weighted by molar-refractivity contribution is 5.97. The number of likely N-dealkylation sites (tertiary alicyclic amines) is 1. The smallest absolute Gasteiger partial charge is 0.176 e. The summed E-state index contributed by atoms with van der Waals surface area (Å²) < 4.78 is 18.4. The molecule has 1 aliphatic heterocycles. The van der Waals surface area contributed by atoms with E-state index in [1.54, 1.807) is 6.07 Å². The second-order valence-corrected chi connectivity index (χ2v) is 5.26. The number of nitrogens with zero attached hydrogens (tertiary/aromatic N) is 1. The van der Waals surface area contributed by atoms with Crippen molar-refractivity contribution >= 4 is 5.78 Å². The van der Waals surface area contributed by atoms with Gasteiger partial charge in [-0.15, -0.1) is 0 Å². The van der Waals surface area contributed by atoms with Gasteiger partial charge in [-0.1, -0.05) is 6.92 Å². The Morgan fingerprint density at radius 2 is 2.30 bits per heavy atom. The number of carbonyl (C=O) groups is 1. The molecule has 0 spiro atoms. The van der Waals surface area contributed by atoms with Gasteiger partial charge in [0.1, 0.15) is 0 Å². The minimum atomic E-state index is -0.535. The van der Waals surface area contributed by atoms with E-state index in [4.69, 9.17) is 4.74 Å². The summed E-state index contributed by atoms with van der Waals surface area (Å²) >= 11 is 0. The Hall–Kier alpha value is -1.46. The molecule has 0 bridgehead atoms. The largest absolute Gasteiger partial charge is 0.494 e. The molecule has 1 aliphatic rings. The standard InChI is InChI=1S/C15H20FNO3/c1-10-5-6-17(13(10)9-18)8-14(19)11-3-4-15(20-2)12(16)7-11/h3-4,7,10,13,18H,5-6,8-9H2,1-2H3. The first kappa shape index (κ1) is 14.9. The van der Waals surface area contributed by atoms with Gasteiger partial charge in [0.2, 0.25) is 0 Å². The molecule has 1 heterocycles. The maximum absolute atomic E-state index is 13.6. The predicted molar refractivity (Wildman–Crippen MR) is 73.5 cm³/mol. The number of aliphatic hydroxyl groups is 1. The molecule has 1 N–H and O–H groups in total. The Bertz CT molecular complexity index is 492. The summed E-state index contributed by atoms with van der Waals surface area (Å²) in [5.41, 5.74) is 0.333. The summed E-state index contributed by atoms with van der Waals surface area (Å²) in [7, 11) is 1.39. The van der Waals surface area contributed by atoms with Gasteiger partial charge in [0.15, 0.2) is 17.3 Å². The monoisotopic (exact) mass is 281 g/mol. The summed E-state index contributed by atoms with van der Waals surface area (Å²) in [5, 5.41) is 9.37. The quantitative estimate of drug-likeness (QED) is 0.835. The molecule has 2 unspecified atom stereocenters. The van der Waals surface area contributed by atoms with E-state index < -0.39 is 5.82 Å². The van der Waals surface area contributed by atoms with E-state index in [1.165, 1.54) is 19.2 Å².